The van der Waals surface area contributed by atoms with Crippen molar-refractivity contribution in [1.29, 1.82) is 0 Å². The Kier molecular flexibility index (Phi) is 18.9. The van der Waals surface area contributed by atoms with E-state index in [9.17, 15) is 10.2 Å². The molecule has 0 aliphatic carbocycles. The Morgan fingerprint density at radius 2 is 0.661 bits per heavy atom. The zero-order valence-electron chi connectivity index (χ0n) is 39.1. The summed E-state index contributed by atoms with van der Waals surface area (Å²) < 4.78 is 0. The van der Waals surface area contributed by atoms with Crippen LogP contribution in [-0.2, 0) is 25.7 Å². The van der Waals surface area contributed by atoms with Crippen LogP contribution in [0.5, 0.6) is 11.5 Å². The van der Waals surface area contributed by atoms with Gasteiger partial charge in [-0.3, -0.25) is 0 Å². The molecule has 62 heavy (non-hydrogen) atoms. The van der Waals surface area contributed by atoms with Crippen LogP contribution in [0.25, 0.3) is 54.9 Å². The van der Waals surface area contributed by atoms with Gasteiger partial charge in [0.1, 0.15) is 11.5 Å². The number of aromatic hydroxyl groups is 2. The summed E-state index contributed by atoms with van der Waals surface area (Å²) in [5.74, 6) is 0.510. The molecule has 0 atom stereocenters. The molecule has 0 saturated heterocycles. The summed E-state index contributed by atoms with van der Waals surface area (Å²) in [7, 11) is 0. The summed E-state index contributed by atoms with van der Waals surface area (Å²) in [4.78, 5) is 0. The number of hydrogen-bond acceptors (Lipinski definition) is 2. The van der Waals surface area contributed by atoms with Gasteiger partial charge in [0.25, 0.3) is 0 Å². The topological polar surface area (TPSA) is 40.5 Å². The van der Waals surface area contributed by atoms with Crippen molar-refractivity contribution >= 4 is 21.5 Å². The molecule has 6 aromatic rings. The Morgan fingerprint density at radius 3 is 1.03 bits per heavy atom. The largest absolute Gasteiger partial charge is 0.507 e. The molecule has 0 unspecified atom stereocenters. The maximum atomic E-state index is 13.0. The van der Waals surface area contributed by atoms with E-state index >= 15 is 0 Å². The maximum Gasteiger partial charge on any atom is 0.132 e. The molecule has 330 valence electrons. The molecule has 0 aromatic heterocycles. The molecular formula is C60H78O2. The van der Waals surface area contributed by atoms with Crippen molar-refractivity contribution in [3.63, 3.8) is 0 Å². The third-order valence-corrected chi connectivity index (χ3v) is 13.5. The third kappa shape index (κ3) is 12.3. The molecule has 0 amide bonds. The number of hydrogen-bond donors (Lipinski definition) is 2. The van der Waals surface area contributed by atoms with Crippen molar-refractivity contribution in [2.45, 2.75) is 182 Å². The summed E-state index contributed by atoms with van der Waals surface area (Å²) in [5, 5.41) is 30.1. The first-order chi connectivity index (χ1) is 30.5. The smallest absolute Gasteiger partial charge is 0.132 e. The van der Waals surface area contributed by atoms with Crippen molar-refractivity contribution in [3.8, 4) is 44.9 Å². The van der Waals surface area contributed by atoms with Crippen LogP contribution in [0.4, 0.5) is 0 Å². The average Bonchev–Trinajstić information content (AvgIpc) is 3.29. The molecule has 0 radical (unpaired) electrons. The number of unbranched alkanes of at least 4 members (excludes halogenated alkanes) is 16. The summed E-state index contributed by atoms with van der Waals surface area (Å²) in [6, 6.07) is 35.5. The lowest BCUT2D eigenvalue weighted by Gasteiger charge is -2.22. The SMILES string of the molecule is CCCCCCCc1ccc(CCCCCCC)c(-c2cc3ccccc3c(-c3c(O)c(-c4cc(CCCCCCC)ccc4CCCCCCC)cc4ccccc34)c2O)c1. The highest BCUT2D eigenvalue weighted by molar-refractivity contribution is 6.14. The van der Waals surface area contributed by atoms with Crippen LogP contribution in [0.15, 0.2) is 97.1 Å². The molecule has 0 aliphatic heterocycles. The van der Waals surface area contributed by atoms with Crippen molar-refractivity contribution in [3.05, 3.63) is 119 Å². The van der Waals surface area contributed by atoms with Gasteiger partial charge in [0.15, 0.2) is 0 Å². The number of phenols is 2. The predicted molar refractivity (Wildman–Crippen MR) is 271 cm³/mol. The van der Waals surface area contributed by atoms with Crippen LogP contribution in [0.1, 0.15) is 178 Å². The second-order valence-electron chi connectivity index (χ2n) is 18.4. The lowest BCUT2D eigenvalue weighted by atomic mass is 9.84. The van der Waals surface area contributed by atoms with Gasteiger partial charge in [-0.1, -0.05) is 215 Å². The average molecular weight is 831 g/mol. The highest BCUT2D eigenvalue weighted by atomic mass is 16.3. The minimum atomic E-state index is 0.255. The fourth-order valence-electron chi connectivity index (χ4n) is 9.79. The van der Waals surface area contributed by atoms with Gasteiger partial charge in [0.05, 0.1) is 0 Å². The second-order valence-corrected chi connectivity index (χ2v) is 18.4. The number of aryl methyl sites for hydroxylation is 4. The van der Waals surface area contributed by atoms with E-state index in [4.69, 9.17) is 0 Å². The number of phenolic OH excluding ortho intramolecular Hbond substituents is 2. The molecule has 6 rings (SSSR count). The molecule has 2 nitrogen and oxygen atoms in total. The molecule has 0 saturated carbocycles. The van der Waals surface area contributed by atoms with E-state index in [1.165, 1.54) is 138 Å². The van der Waals surface area contributed by atoms with E-state index in [1.807, 2.05) is 0 Å². The fourth-order valence-corrected chi connectivity index (χ4v) is 9.79. The number of benzene rings is 6. The zero-order chi connectivity index (χ0) is 43.5. The predicted octanol–water partition coefficient (Wildman–Crippen LogP) is 18.5. The fraction of sp³-hybridized carbons (Fsp3) is 0.467. The standard InChI is InChI=1S/C60H78O2/c1-5-9-13-17-21-29-45-37-39-47(31-23-19-15-11-7-3)53(41-45)55-43-49-33-25-27-35-51(49)57(59(55)61)58-52-36-28-26-34-50(52)44-56(60(58)62)54-42-46(30-22-18-14-10-6-2)38-40-48(54)32-24-20-16-12-8-4/h25-28,33-44,61-62H,5-24,29-32H2,1-4H3. The molecule has 0 aliphatic rings. The molecule has 2 N–H and O–H groups in total. The second kappa shape index (κ2) is 24.9. The van der Waals surface area contributed by atoms with Gasteiger partial charge in [-0.25, -0.2) is 0 Å². The van der Waals surface area contributed by atoms with Crippen LogP contribution in [-0.4, -0.2) is 10.2 Å². The van der Waals surface area contributed by atoms with Gasteiger partial charge in [-0.15, -0.1) is 0 Å². The first-order valence-corrected chi connectivity index (χ1v) is 25.2. The summed E-state index contributed by atoms with van der Waals surface area (Å²) in [6.07, 6.45) is 28.8. The van der Waals surface area contributed by atoms with Crippen LogP contribution >= 0.6 is 0 Å². The monoisotopic (exact) mass is 831 g/mol. The van der Waals surface area contributed by atoms with Gasteiger partial charge in [0, 0.05) is 22.3 Å². The van der Waals surface area contributed by atoms with Crippen LogP contribution in [0.3, 0.4) is 0 Å². The number of rotatable bonds is 27. The summed E-state index contributed by atoms with van der Waals surface area (Å²) in [6.45, 7) is 9.10. The molecular weight excluding hydrogens is 753 g/mol. The quantitative estimate of drug-likeness (QED) is 0.0508. The van der Waals surface area contributed by atoms with Gasteiger partial charge in [-0.2, -0.15) is 0 Å². The Labute approximate surface area is 376 Å². The van der Waals surface area contributed by atoms with E-state index in [-0.39, 0.29) is 11.5 Å². The van der Waals surface area contributed by atoms with E-state index in [1.54, 1.807) is 0 Å². The summed E-state index contributed by atoms with van der Waals surface area (Å²) >= 11 is 0. The molecule has 2 heteroatoms. The molecule has 0 heterocycles. The van der Waals surface area contributed by atoms with Gasteiger partial charge < -0.3 is 10.2 Å². The Hall–Kier alpha value is -4.56. The zero-order valence-corrected chi connectivity index (χ0v) is 39.1. The van der Waals surface area contributed by atoms with Crippen LogP contribution in [0.2, 0.25) is 0 Å². The Bertz CT molecular complexity index is 2130. The van der Waals surface area contributed by atoms with E-state index in [2.05, 4.69) is 125 Å². The van der Waals surface area contributed by atoms with E-state index < -0.39 is 0 Å². The maximum absolute atomic E-state index is 13.0. The Balaban J connectivity index is 1.52. The minimum absolute atomic E-state index is 0.255. The molecule has 6 aromatic carbocycles. The first-order valence-electron chi connectivity index (χ1n) is 25.2. The molecule has 0 spiro atoms. The molecule has 0 fully saturated rings. The lowest BCUT2D eigenvalue weighted by molar-refractivity contribution is 0.472. The van der Waals surface area contributed by atoms with Crippen LogP contribution in [0, 0.1) is 0 Å². The highest BCUT2D eigenvalue weighted by Crippen LogP contribution is 2.52. The van der Waals surface area contributed by atoms with E-state index in [0.29, 0.717) is 0 Å². The van der Waals surface area contributed by atoms with Gasteiger partial charge >= 0.3 is 0 Å². The minimum Gasteiger partial charge on any atom is -0.507 e. The van der Waals surface area contributed by atoms with E-state index in [0.717, 1.165) is 93.5 Å². The third-order valence-electron chi connectivity index (χ3n) is 13.5. The van der Waals surface area contributed by atoms with Crippen molar-refractivity contribution in [2.75, 3.05) is 0 Å². The molecule has 0 bridgehead atoms. The highest BCUT2D eigenvalue weighted by Gasteiger charge is 2.25. The summed E-state index contributed by atoms with van der Waals surface area (Å²) in [5.41, 5.74) is 10.7. The van der Waals surface area contributed by atoms with Gasteiger partial charge in [-0.05, 0) is 118 Å². The van der Waals surface area contributed by atoms with Crippen molar-refractivity contribution < 1.29 is 10.2 Å². The normalized spacial score (nSPS) is 11.6. The Morgan fingerprint density at radius 1 is 0.323 bits per heavy atom. The lowest BCUT2D eigenvalue weighted by Crippen LogP contribution is -1.98. The van der Waals surface area contributed by atoms with Crippen LogP contribution < -0.4 is 0 Å². The van der Waals surface area contributed by atoms with Crippen molar-refractivity contribution in [2.24, 2.45) is 0 Å². The first kappa shape index (κ1) is 46.9. The number of fused-ring (bicyclic) bond motifs is 2. The van der Waals surface area contributed by atoms with Crippen molar-refractivity contribution in [1.82, 2.24) is 0 Å². The van der Waals surface area contributed by atoms with Gasteiger partial charge in [0.2, 0.25) is 0 Å².